The van der Waals surface area contributed by atoms with E-state index in [-0.39, 0.29) is 12.1 Å². The van der Waals surface area contributed by atoms with Crippen molar-refractivity contribution in [1.29, 1.82) is 0 Å². The molecule has 0 aliphatic rings. The van der Waals surface area contributed by atoms with Crippen molar-refractivity contribution in [3.63, 3.8) is 0 Å². The second-order valence-electron chi connectivity index (χ2n) is 1.14. The van der Waals surface area contributed by atoms with Gasteiger partial charge in [-0.3, -0.25) is 0 Å². The van der Waals surface area contributed by atoms with Gasteiger partial charge in [-0.1, -0.05) is 39.2 Å². The molecule has 0 radical (unpaired) electrons. The molecule has 0 nitrogen and oxygen atoms in total. The van der Waals surface area contributed by atoms with Gasteiger partial charge in [0.2, 0.25) is 0 Å². The van der Waals surface area contributed by atoms with E-state index in [4.69, 9.17) is 0 Å². The summed E-state index contributed by atoms with van der Waals surface area (Å²) in [7, 11) is 0. The van der Waals surface area contributed by atoms with Crippen molar-refractivity contribution in [2.45, 2.75) is 13.8 Å². The molecule has 0 heterocycles. The van der Waals surface area contributed by atoms with E-state index in [1.54, 1.807) is 18.2 Å². The lowest BCUT2D eigenvalue weighted by atomic mass is 10.5. The Bertz CT molecular complexity index is 116. The number of hydrogen-bond acceptors (Lipinski definition) is 1. The summed E-state index contributed by atoms with van der Waals surface area (Å²) in [5.41, 5.74) is 0. The lowest BCUT2D eigenvalue weighted by molar-refractivity contribution is 0.945. The largest absolute Gasteiger partial charge is 0.160 e. The van der Waals surface area contributed by atoms with Crippen LogP contribution < -0.4 is 0 Å². The third-order valence-electron chi connectivity index (χ3n) is 0.517. The van der Waals surface area contributed by atoms with Gasteiger partial charge in [0.1, 0.15) is 0 Å². The molecule has 0 rings (SSSR count). The van der Waals surface area contributed by atoms with Crippen molar-refractivity contribution in [2.24, 2.45) is 0 Å². The minimum atomic E-state index is 0.136. The molecule has 0 spiro atoms. The van der Waals surface area contributed by atoms with E-state index in [9.17, 15) is 3.89 Å². The Morgan fingerprint density at radius 1 is 1.50 bits per heavy atom. The average molecular weight is 160 g/mol. The maximum absolute atomic E-state index is 11.4. The predicted molar refractivity (Wildman–Crippen MR) is 48.5 cm³/mol. The highest BCUT2D eigenvalue weighted by atomic mass is 32.2. The summed E-state index contributed by atoms with van der Waals surface area (Å²) in [6.45, 7) is 10.8. The standard InChI is InChI=1S/C6H7FS.C2H6/c1-3-4-5-6(2)8-7;1-2/h3-5H,1-2H2;1-2H3/b5-4-;. The van der Waals surface area contributed by atoms with Crippen LogP contribution in [0.1, 0.15) is 13.8 Å². The van der Waals surface area contributed by atoms with Crippen LogP contribution in [-0.4, -0.2) is 0 Å². The first-order valence-electron chi connectivity index (χ1n) is 3.08. The van der Waals surface area contributed by atoms with Crippen LogP contribution in [0.4, 0.5) is 3.89 Å². The second-order valence-corrected chi connectivity index (χ2v) is 1.82. The average Bonchev–Trinajstić information content (AvgIpc) is 2.04. The Morgan fingerprint density at radius 2 is 2.00 bits per heavy atom. The fourth-order valence-corrected chi connectivity index (χ4v) is 0.331. The molecule has 0 N–H and O–H groups in total. The Hall–Kier alpha value is -0.500. The molecule has 2 heteroatoms. The van der Waals surface area contributed by atoms with Crippen molar-refractivity contribution in [2.75, 3.05) is 0 Å². The van der Waals surface area contributed by atoms with Gasteiger partial charge in [0.25, 0.3) is 0 Å². The van der Waals surface area contributed by atoms with Crippen LogP contribution in [0.25, 0.3) is 0 Å². The van der Waals surface area contributed by atoms with E-state index < -0.39 is 0 Å². The van der Waals surface area contributed by atoms with Crippen LogP contribution in [0.15, 0.2) is 36.3 Å². The molecule has 0 bridgehead atoms. The summed E-state index contributed by atoms with van der Waals surface area (Å²) >= 11 is 0.136. The molecule has 58 valence electrons. The van der Waals surface area contributed by atoms with Crippen LogP contribution in [-0.2, 0) is 0 Å². The van der Waals surface area contributed by atoms with Gasteiger partial charge in [-0.2, -0.15) is 3.89 Å². The van der Waals surface area contributed by atoms with Crippen molar-refractivity contribution < 1.29 is 3.89 Å². The monoisotopic (exact) mass is 160 g/mol. The topological polar surface area (TPSA) is 0 Å². The van der Waals surface area contributed by atoms with E-state index in [2.05, 4.69) is 13.2 Å². The van der Waals surface area contributed by atoms with Crippen molar-refractivity contribution >= 4 is 12.1 Å². The molecular formula is C8H13FS. The Balaban J connectivity index is 0. The number of allylic oxidation sites excluding steroid dienone is 3. The molecule has 0 aromatic carbocycles. The highest BCUT2D eigenvalue weighted by Crippen LogP contribution is 2.14. The highest BCUT2D eigenvalue weighted by Gasteiger charge is 1.81. The molecular weight excluding hydrogens is 147 g/mol. The van der Waals surface area contributed by atoms with Gasteiger partial charge in [-0.25, -0.2) is 0 Å². The molecule has 0 aromatic heterocycles. The summed E-state index contributed by atoms with van der Waals surface area (Å²) < 4.78 is 11.4. The molecule has 0 aromatic rings. The minimum Gasteiger partial charge on any atom is -0.160 e. The van der Waals surface area contributed by atoms with Crippen LogP contribution in [0, 0.1) is 0 Å². The molecule has 0 aliphatic heterocycles. The van der Waals surface area contributed by atoms with E-state index in [0.29, 0.717) is 4.91 Å². The van der Waals surface area contributed by atoms with Crippen LogP contribution >= 0.6 is 12.1 Å². The van der Waals surface area contributed by atoms with Gasteiger partial charge in [-0.15, -0.1) is 0 Å². The van der Waals surface area contributed by atoms with E-state index in [1.165, 1.54) is 0 Å². The Kier molecular flexibility index (Phi) is 13.8. The summed E-state index contributed by atoms with van der Waals surface area (Å²) in [5, 5.41) is 0. The fourth-order valence-electron chi connectivity index (χ4n) is 0.201. The minimum absolute atomic E-state index is 0.136. The lowest BCUT2D eigenvalue weighted by Gasteiger charge is -1.81. The van der Waals surface area contributed by atoms with E-state index >= 15 is 0 Å². The van der Waals surface area contributed by atoms with Crippen LogP contribution in [0.3, 0.4) is 0 Å². The molecule has 0 aliphatic carbocycles. The molecule has 0 unspecified atom stereocenters. The van der Waals surface area contributed by atoms with Crippen molar-refractivity contribution in [3.05, 3.63) is 36.3 Å². The normalized spacial score (nSPS) is 8.30. The first kappa shape index (κ1) is 12.2. The van der Waals surface area contributed by atoms with Crippen molar-refractivity contribution in [1.82, 2.24) is 0 Å². The van der Waals surface area contributed by atoms with Crippen LogP contribution in [0.2, 0.25) is 0 Å². The zero-order valence-electron chi connectivity index (χ0n) is 6.43. The Morgan fingerprint density at radius 3 is 2.30 bits per heavy atom. The number of halogens is 1. The third kappa shape index (κ3) is 10.5. The quantitative estimate of drug-likeness (QED) is 0.564. The summed E-state index contributed by atoms with van der Waals surface area (Å²) in [5.74, 6) is 0. The fraction of sp³-hybridized carbons (Fsp3) is 0.250. The first-order chi connectivity index (χ1) is 4.81. The van der Waals surface area contributed by atoms with Crippen LogP contribution in [0.5, 0.6) is 0 Å². The van der Waals surface area contributed by atoms with Gasteiger partial charge >= 0.3 is 0 Å². The predicted octanol–water partition coefficient (Wildman–Crippen LogP) is 3.89. The maximum Gasteiger partial charge on any atom is 0.0805 e. The summed E-state index contributed by atoms with van der Waals surface area (Å²) in [4.78, 5) is 0.393. The van der Waals surface area contributed by atoms with Gasteiger partial charge in [-0.05, 0) is 6.08 Å². The smallest absolute Gasteiger partial charge is 0.0805 e. The zero-order valence-corrected chi connectivity index (χ0v) is 7.25. The zero-order chi connectivity index (χ0) is 8.41. The van der Waals surface area contributed by atoms with Gasteiger partial charge in [0.15, 0.2) is 0 Å². The first-order valence-corrected chi connectivity index (χ1v) is 3.79. The maximum atomic E-state index is 11.4. The molecule has 0 saturated heterocycles. The summed E-state index contributed by atoms with van der Waals surface area (Å²) in [6, 6.07) is 0. The SMILES string of the molecule is C=C/C=C\C(=C)SF.CC. The molecule has 0 saturated carbocycles. The highest BCUT2D eigenvalue weighted by molar-refractivity contribution is 7.98. The molecule has 10 heavy (non-hydrogen) atoms. The second kappa shape index (κ2) is 11.3. The number of rotatable bonds is 3. The van der Waals surface area contributed by atoms with E-state index in [1.807, 2.05) is 13.8 Å². The van der Waals surface area contributed by atoms with Crippen molar-refractivity contribution in [3.8, 4) is 0 Å². The van der Waals surface area contributed by atoms with Gasteiger partial charge < -0.3 is 0 Å². The van der Waals surface area contributed by atoms with E-state index in [0.717, 1.165) is 0 Å². The van der Waals surface area contributed by atoms with Gasteiger partial charge in [0, 0.05) is 4.91 Å². The molecule has 0 amide bonds. The third-order valence-corrected chi connectivity index (χ3v) is 0.852. The number of hydrogen-bond donors (Lipinski definition) is 0. The van der Waals surface area contributed by atoms with Gasteiger partial charge in [0.05, 0.1) is 12.1 Å². The summed E-state index contributed by atoms with van der Waals surface area (Å²) in [6.07, 6.45) is 4.76. The lowest BCUT2D eigenvalue weighted by Crippen LogP contribution is -1.55. The molecule has 0 atom stereocenters. The Labute approximate surface area is 66.8 Å². The molecule has 0 fully saturated rings.